The van der Waals surface area contributed by atoms with Gasteiger partial charge in [0.1, 0.15) is 5.75 Å². The highest BCUT2D eigenvalue weighted by molar-refractivity contribution is 5.59. The summed E-state index contributed by atoms with van der Waals surface area (Å²) in [6.07, 6.45) is 5.14. The van der Waals surface area contributed by atoms with E-state index in [2.05, 4.69) is 11.4 Å². The summed E-state index contributed by atoms with van der Waals surface area (Å²) in [4.78, 5) is 0. The number of ether oxygens (including phenoxy) is 2. The third-order valence-corrected chi connectivity index (χ3v) is 2.94. The minimum atomic E-state index is -0.236. The quantitative estimate of drug-likeness (QED) is 0.819. The lowest BCUT2D eigenvalue weighted by atomic mass is 10.1. The Morgan fingerprint density at radius 1 is 1.31 bits per heavy atom. The summed E-state index contributed by atoms with van der Waals surface area (Å²) in [6.45, 7) is 1.97. The molecular weight excluding hydrogens is 202 g/mol. The molecule has 1 N–H and O–H groups in total. The lowest BCUT2D eigenvalue weighted by Crippen LogP contribution is -2.28. The normalized spacial score (nSPS) is 27.5. The summed E-state index contributed by atoms with van der Waals surface area (Å²) in [6, 6.07) is 8.00. The van der Waals surface area contributed by atoms with E-state index in [9.17, 15) is 0 Å². The first-order valence-electron chi connectivity index (χ1n) is 5.72. The summed E-state index contributed by atoms with van der Waals surface area (Å²) in [5.74, 6) is 0.904. The predicted octanol–water partition coefficient (Wildman–Crippen LogP) is 1.80. The van der Waals surface area contributed by atoms with Crippen LogP contribution in [0, 0.1) is 0 Å². The molecule has 84 valence electrons. The summed E-state index contributed by atoms with van der Waals surface area (Å²) in [7, 11) is 0. The van der Waals surface area contributed by atoms with Gasteiger partial charge in [-0.2, -0.15) is 0 Å². The molecule has 0 aromatic heterocycles. The Labute approximate surface area is 95.1 Å². The molecule has 1 saturated heterocycles. The highest BCUT2D eigenvalue weighted by atomic mass is 16.7. The van der Waals surface area contributed by atoms with Crippen molar-refractivity contribution in [2.24, 2.45) is 0 Å². The van der Waals surface area contributed by atoms with Crippen molar-refractivity contribution >= 4 is 6.08 Å². The first-order chi connectivity index (χ1) is 7.92. The van der Waals surface area contributed by atoms with E-state index in [0.717, 1.165) is 30.8 Å². The first kappa shape index (κ1) is 9.87. The molecule has 0 aliphatic carbocycles. The summed E-state index contributed by atoms with van der Waals surface area (Å²) in [5.41, 5.74) is 1.12. The number of hydrogen-bond donors (Lipinski definition) is 1. The minimum Gasteiger partial charge on any atom is -0.461 e. The number of benzene rings is 1. The van der Waals surface area contributed by atoms with Crippen LogP contribution in [0.1, 0.15) is 12.0 Å². The van der Waals surface area contributed by atoms with Crippen LogP contribution in [0.25, 0.3) is 6.08 Å². The van der Waals surface area contributed by atoms with Gasteiger partial charge in [-0.1, -0.05) is 18.2 Å². The van der Waals surface area contributed by atoms with Crippen molar-refractivity contribution in [3.05, 3.63) is 35.9 Å². The number of fused-ring (bicyclic) bond motifs is 1. The van der Waals surface area contributed by atoms with Crippen LogP contribution in [0.15, 0.2) is 30.3 Å². The molecule has 3 nitrogen and oxygen atoms in total. The maximum absolute atomic E-state index is 5.84. The van der Waals surface area contributed by atoms with Crippen LogP contribution in [-0.2, 0) is 4.74 Å². The zero-order valence-corrected chi connectivity index (χ0v) is 9.06. The van der Waals surface area contributed by atoms with Gasteiger partial charge in [-0.25, -0.2) is 0 Å². The van der Waals surface area contributed by atoms with Crippen LogP contribution in [0.5, 0.6) is 5.75 Å². The fraction of sp³-hybridized carbons (Fsp3) is 0.385. The number of hydrogen-bond acceptors (Lipinski definition) is 3. The molecule has 1 aromatic rings. The third-order valence-electron chi connectivity index (χ3n) is 2.94. The molecule has 1 fully saturated rings. The second kappa shape index (κ2) is 4.28. The highest BCUT2D eigenvalue weighted by Crippen LogP contribution is 2.26. The van der Waals surface area contributed by atoms with Crippen molar-refractivity contribution in [3.63, 3.8) is 0 Å². The van der Waals surface area contributed by atoms with E-state index in [-0.39, 0.29) is 12.4 Å². The second-order valence-corrected chi connectivity index (χ2v) is 4.13. The molecule has 0 amide bonds. The molecule has 1 unspecified atom stereocenters. The van der Waals surface area contributed by atoms with E-state index >= 15 is 0 Å². The monoisotopic (exact) mass is 217 g/mol. The maximum Gasteiger partial charge on any atom is 0.220 e. The van der Waals surface area contributed by atoms with E-state index in [0.29, 0.717) is 0 Å². The molecule has 2 atom stereocenters. The molecule has 2 aliphatic heterocycles. The Kier molecular flexibility index (Phi) is 2.64. The molecule has 3 heteroatoms. The van der Waals surface area contributed by atoms with Crippen LogP contribution in [-0.4, -0.2) is 25.5 Å². The van der Waals surface area contributed by atoms with Crippen LogP contribution in [0.3, 0.4) is 0 Å². The van der Waals surface area contributed by atoms with Crippen LogP contribution < -0.4 is 10.1 Å². The Hall–Kier alpha value is -1.32. The predicted molar refractivity (Wildman–Crippen MR) is 62.3 cm³/mol. The summed E-state index contributed by atoms with van der Waals surface area (Å²) < 4.78 is 11.6. The molecular formula is C13H15NO2. The van der Waals surface area contributed by atoms with Crippen LogP contribution in [0.4, 0.5) is 0 Å². The van der Waals surface area contributed by atoms with E-state index in [1.807, 2.05) is 30.3 Å². The molecule has 2 aliphatic rings. The molecule has 0 spiro atoms. The minimum absolute atomic E-state index is 0.236. The molecule has 16 heavy (non-hydrogen) atoms. The highest BCUT2D eigenvalue weighted by Gasteiger charge is 2.21. The van der Waals surface area contributed by atoms with E-state index in [1.165, 1.54) is 0 Å². The molecule has 2 heterocycles. The fourth-order valence-electron chi connectivity index (χ4n) is 2.08. The molecule has 3 rings (SSSR count). The van der Waals surface area contributed by atoms with Gasteiger partial charge in [0.15, 0.2) is 0 Å². The smallest absolute Gasteiger partial charge is 0.220 e. The number of para-hydroxylation sites is 1. The van der Waals surface area contributed by atoms with Gasteiger partial charge in [0.05, 0.1) is 6.10 Å². The maximum atomic E-state index is 5.84. The Bertz CT molecular complexity index is 397. The van der Waals surface area contributed by atoms with Crippen molar-refractivity contribution in [3.8, 4) is 5.75 Å². The Morgan fingerprint density at radius 3 is 3.12 bits per heavy atom. The standard InChI is InChI=1S/C13H15NO2/c1-2-4-12-10(3-1)5-6-13(16-12)15-11-7-8-14-9-11/h1-6,11,13-14H,7-9H2/t11-,13?/m1/s1. The first-order valence-corrected chi connectivity index (χ1v) is 5.72. The van der Waals surface area contributed by atoms with Gasteiger partial charge in [0, 0.05) is 12.1 Å². The molecule has 0 saturated carbocycles. The van der Waals surface area contributed by atoms with Gasteiger partial charge >= 0.3 is 0 Å². The topological polar surface area (TPSA) is 30.5 Å². The van der Waals surface area contributed by atoms with Crippen molar-refractivity contribution in [2.45, 2.75) is 18.8 Å². The zero-order chi connectivity index (χ0) is 10.8. The van der Waals surface area contributed by atoms with Gasteiger partial charge < -0.3 is 14.8 Å². The summed E-state index contributed by atoms with van der Waals surface area (Å²) in [5, 5.41) is 3.28. The number of nitrogens with one attached hydrogen (secondary N) is 1. The van der Waals surface area contributed by atoms with Crippen LogP contribution >= 0.6 is 0 Å². The fourth-order valence-corrected chi connectivity index (χ4v) is 2.08. The molecule has 0 radical (unpaired) electrons. The second-order valence-electron chi connectivity index (χ2n) is 4.13. The van der Waals surface area contributed by atoms with Gasteiger partial charge in [-0.05, 0) is 31.2 Å². The van der Waals surface area contributed by atoms with Gasteiger partial charge in [0.2, 0.25) is 6.29 Å². The molecule has 0 bridgehead atoms. The van der Waals surface area contributed by atoms with Gasteiger partial charge in [0.25, 0.3) is 0 Å². The number of rotatable bonds is 2. The summed E-state index contributed by atoms with van der Waals surface area (Å²) >= 11 is 0. The third kappa shape index (κ3) is 1.96. The van der Waals surface area contributed by atoms with Gasteiger partial charge in [-0.3, -0.25) is 0 Å². The lowest BCUT2D eigenvalue weighted by Gasteiger charge is -2.24. The van der Waals surface area contributed by atoms with E-state index in [1.54, 1.807) is 0 Å². The largest absolute Gasteiger partial charge is 0.461 e. The van der Waals surface area contributed by atoms with Crippen molar-refractivity contribution in [2.75, 3.05) is 13.1 Å². The van der Waals surface area contributed by atoms with Crippen molar-refractivity contribution in [1.82, 2.24) is 5.32 Å². The Balaban J connectivity index is 1.68. The van der Waals surface area contributed by atoms with Crippen molar-refractivity contribution in [1.29, 1.82) is 0 Å². The molecule has 1 aromatic carbocycles. The zero-order valence-electron chi connectivity index (χ0n) is 9.06. The Morgan fingerprint density at radius 2 is 2.25 bits per heavy atom. The van der Waals surface area contributed by atoms with E-state index in [4.69, 9.17) is 9.47 Å². The van der Waals surface area contributed by atoms with Crippen LogP contribution in [0.2, 0.25) is 0 Å². The van der Waals surface area contributed by atoms with Gasteiger partial charge in [-0.15, -0.1) is 0 Å². The average Bonchev–Trinajstić information content (AvgIpc) is 2.82. The van der Waals surface area contributed by atoms with Crippen molar-refractivity contribution < 1.29 is 9.47 Å². The average molecular weight is 217 g/mol. The van der Waals surface area contributed by atoms with E-state index < -0.39 is 0 Å². The lowest BCUT2D eigenvalue weighted by molar-refractivity contribution is -0.0827. The SMILES string of the molecule is C1=CC(O[C@@H]2CCNC2)Oc2ccccc21.